The van der Waals surface area contributed by atoms with E-state index in [-0.39, 0.29) is 35.4 Å². The van der Waals surface area contributed by atoms with E-state index in [1.54, 1.807) is 66.7 Å². The van der Waals surface area contributed by atoms with Crippen LogP contribution in [0.2, 0.25) is 10.0 Å². The van der Waals surface area contributed by atoms with Crippen molar-refractivity contribution in [2.75, 3.05) is 11.4 Å². The maximum atomic E-state index is 14.4. The van der Waals surface area contributed by atoms with Gasteiger partial charge in [-0.1, -0.05) is 65.7 Å². The van der Waals surface area contributed by atoms with Gasteiger partial charge in [0.25, 0.3) is 11.8 Å². The molecule has 0 saturated heterocycles. The summed E-state index contributed by atoms with van der Waals surface area (Å²) >= 11 is 12.6. The summed E-state index contributed by atoms with van der Waals surface area (Å²) in [4.78, 5) is 45.3. The van der Waals surface area contributed by atoms with E-state index < -0.39 is 22.8 Å². The van der Waals surface area contributed by atoms with Crippen LogP contribution in [0.15, 0.2) is 88.6 Å². The van der Waals surface area contributed by atoms with E-state index in [1.165, 1.54) is 15.9 Å². The molecular weight excluding hydrogens is 499 g/mol. The van der Waals surface area contributed by atoms with Crippen molar-refractivity contribution < 1.29 is 14.0 Å². The summed E-state index contributed by atoms with van der Waals surface area (Å²) in [5.74, 6) is -1.16. The molecule has 0 aliphatic carbocycles. The van der Waals surface area contributed by atoms with Crippen molar-refractivity contribution in [1.29, 1.82) is 0 Å². The minimum absolute atomic E-state index is 0.0126. The smallest absolute Gasteiger partial charge is 0.291 e. The first-order valence-electron chi connectivity index (χ1n) is 11.2. The SMILES string of the molecule is C=CCN1C(=O)C2(c3ccccc31)c1c(oc3ccc(Cl)cc3c1=O)C(=O)N2Cc1ccccc1Cl. The molecule has 1 atom stereocenters. The van der Waals surface area contributed by atoms with Gasteiger partial charge < -0.3 is 14.2 Å². The first-order chi connectivity index (χ1) is 17.4. The van der Waals surface area contributed by atoms with Gasteiger partial charge >= 0.3 is 0 Å². The Morgan fingerprint density at radius 1 is 0.972 bits per heavy atom. The fourth-order valence-electron chi connectivity index (χ4n) is 5.29. The number of fused-ring (bicyclic) bond motifs is 5. The lowest BCUT2D eigenvalue weighted by Crippen LogP contribution is -2.53. The minimum Gasteiger partial charge on any atom is -0.450 e. The van der Waals surface area contributed by atoms with E-state index in [4.69, 9.17) is 27.6 Å². The molecule has 4 aromatic rings. The summed E-state index contributed by atoms with van der Waals surface area (Å²) < 4.78 is 6.02. The van der Waals surface area contributed by atoms with Crippen molar-refractivity contribution in [2.24, 2.45) is 0 Å². The Labute approximate surface area is 215 Å². The number of amides is 2. The number of carbonyl (C=O) groups is 2. The average Bonchev–Trinajstić information content (AvgIpc) is 3.26. The molecule has 0 bridgehead atoms. The highest BCUT2D eigenvalue weighted by molar-refractivity contribution is 6.31. The number of hydrogen-bond acceptors (Lipinski definition) is 4. The lowest BCUT2D eigenvalue weighted by Gasteiger charge is -2.34. The van der Waals surface area contributed by atoms with E-state index in [2.05, 4.69) is 6.58 Å². The molecule has 2 amide bonds. The summed E-state index contributed by atoms with van der Waals surface area (Å²) in [6.45, 7) is 3.97. The van der Waals surface area contributed by atoms with Gasteiger partial charge in [0.1, 0.15) is 5.58 Å². The Morgan fingerprint density at radius 2 is 1.72 bits per heavy atom. The predicted octanol–water partition coefficient (Wildman–Crippen LogP) is 5.53. The van der Waals surface area contributed by atoms with Crippen LogP contribution in [0.4, 0.5) is 5.69 Å². The molecule has 0 radical (unpaired) electrons. The lowest BCUT2D eigenvalue weighted by molar-refractivity contribution is -0.126. The number of halogens is 2. The summed E-state index contributed by atoms with van der Waals surface area (Å²) in [6, 6.07) is 18.8. The summed E-state index contributed by atoms with van der Waals surface area (Å²) in [5, 5.41) is 0.974. The number of carbonyl (C=O) groups excluding carboxylic acids is 2. The molecule has 3 heterocycles. The van der Waals surface area contributed by atoms with Crippen molar-refractivity contribution >= 4 is 51.7 Å². The maximum Gasteiger partial charge on any atom is 0.291 e. The highest BCUT2D eigenvalue weighted by Gasteiger charge is 2.64. The molecule has 36 heavy (non-hydrogen) atoms. The molecule has 178 valence electrons. The number of hydrogen-bond donors (Lipinski definition) is 0. The maximum absolute atomic E-state index is 14.4. The topological polar surface area (TPSA) is 70.8 Å². The van der Waals surface area contributed by atoms with E-state index in [0.717, 1.165) is 0 Å². The molecule has 2 aliphatic rings. The van der Waals surface area contributed by atoms with Crippen LogP contribution in [0.3, 0.4) is 0 Å². The monoisotopic (exact) mass is 516 g/mol. The zero-order chi connectivity index (χ0) is 25.2. The fourth-order valence-corrected chi connectivity index (χ4v) is 5.66. The molecule has 6 rings (SSSR count). The van der Waals surface area contributed by atoms with Gasteiger partial charge in [-0.2, -0.15) is 0 Å². The molecule has 0 fully saturated rings. The van der Waals surface area contributed by atoms with Crippen molar-refractivity contribution in [1.82, 2.24) is 4.90 Å². The molecule has 0 saturated carbocycles. The zero-order valence-electron chi connectivity index (χ0n) is 18.8. The highest BCUT2D eigenvalue weighted by Crippen LogP contribution is 2.53. The van der Waals surface area contributed by atoms with Gasteiger partial charge in [0.2, 0.25) is 5.76 Å². The van der Waals surface area contributed by atoms with Crippen LogP contribution in [0.1, 0.15) is 27.2 Å². The molecular formula is C28H18Cl2N2O4. The molecule has 0 N–H and O–H groups in total. The van der Waals surface area contributed by atoms with Crippen molar-refractivity contribution in [3.63, 3.8) is 0 Å². The average molecular weight is 517 g/mol. The van der Waals surface area contributed by atoms with Gasteiger partial charge in [-0.25, -0.2) is 0 Å². The van der Waals surface area contributed by atoms with Crippen LogP contribution >= 0.6 is 23.2 Å². The van der Waals surface area contributed by atoms with Crippen LogP contribution in [0, 0.1) is 0 Å². The Morgan fingerprint density at radius 3 is 2.50 bits per heavy atom. The van der Waals surface area contributed by atoms with Crippen molar-refractivity contribution in [3.8, 4) is 0 Å². The van der Waals surface area contributed by atoms with E-state index in [9.17, 15) is 14.4 Å². The number of nitrogens with zero attached hydrogens (tertiary/aromatic N) is 2. The third kappa shape index (κ3) is 2.89. The largest absolute Gasteiger partial charge is 0.450 e. The van der Waals surface area contributed by atoms with Crippen molar-refractivity contribution in [3.05, 3.63) is 122 Å². The van der Waals surface area contributed by atoms with Crippen LogP contribution in [-0.4, -0.2) is 23.3 Å². The summed E-state index contributed by atoms with van der Waals surface area (Å²) in [6.07, 6.45) is 1.60. The quantitative estimate of drug-likeness (QED) is 0.334. The molecule has 2 aliphatic heterocycles. The Bertz CT molecular complexity index is 1680. The van der Waals surface area contributed by atoms with E-state index in [1.807, 2.05) is 0 Å². The first-order valence-corrected chi connectivity index (χ1v) is 12.0. The standard InChI is InChI=1S/C28H18Cl2N2O4/c1-2-13-31-21-10-6-4-8-19(21)28(27(31)35)23-24(33)18-14-17(29)11-12-22(18)36-25(23)26(34)32(28)15-16-7-3-5-9-20(16)30/h2-12,14H,1,13,15H2. The Hall–Kier alpha value is -3.87. The second-order valence-electron chi connectivity index (χ2n) is 8.69. The third-order valence-electron chi connectivity index (χ3n) is 6.80. The first kappa shape index (κ1) is 22.6. The van der Waals surface area contributed by atoms with Gasteiger partial charge in [0.15, 0.2) is 11.0 Å². The fraction of sp³-hybridized carbons (Fsp3) is 0.107. The number of rotatable bonds is 4. The van der Waals surface area contributed by atoms with Gasteiger partial charge in [0, 0.05) is 28.7 Å². The number of benzene rings is 3. The van der Waals surface area contributed by atoms with E-state index in [0.29, 0.717) is 26.9 Å². The molecule has 1 unspecified atom stereocenters. The van der Waals surface area contributed by atoms with Gasteiger partial charge in [0.05, 0.1) is 16.6 Å². The van der Waals surface area contributed by atoms with Crippen LogP contribution in [-0.2, 0) is 16.9 Å². The highest BCUT2D eigenvalue weighted by atomic mass is 35.5. The van der Waals surface area contributed by atoms with Gasteiger partial charge in [-0.15, -0.1) is 6.58 Å². The summed E-state index contributed by atoms with van der Waals surface area (Å²) in [7, 11) is 0. The Balaban J connectivity index is 1.72. The molecule has 8 heteroatoms. The normalized spacial score (nSPS) is 18.3. The molecule has 3 aromatic carbocycles. The van der Waals surface area contributed by atoms with Gasteiger partial charge in [-0.05, 0) is 35.9 Å². The number of anilines is 1. The molecule has 1 aromatic heterocycles. The van der Waals surface area contributed by atoms with Crippen LogP contribution in [0.25, 0.3) is 11.0 Å². The second-order valence-corrected chi connectivity index (χ2v) is 9.53. The molecule has 6 nitrogen and oxygen atoms in total. The van der Waals surface area contributed by atoms with Gasteiger partial charge in [-0.3, -0.25) is 14.4 Å². The predicted molar refractivity (Wildman–Crippen MR) is 139 cm³/mol. The number of para-hydroxylation sites is 1. The zero-order valence-corrected chi connectivity index (χ0v) is 20.3. The second kappa shape index (κ2) is 8.08. The summed E-state index contributed by atoms with van der Waals surface area (Å²) in [5.41, 5.74) is -0.268. The molecule has 1 spiro atoms. The minimum atomic E-state index is -1.73. The lowest BCUT2D eigenvalue weighted by atomic mass is 9.83. The van der Waals surface area contributed by atoms with Crippen LogP contribution < -0.4 is 10.3 Å². The van der Waals surface area contributed by atoms with Crippen molar-refractivity contribution in [2.45, 2.75) is 12.1 Å². The third-order valence-corrected chi connectivity index (χ3v) is 7.40. The van der Waals surface area contributed by atoms with Crippen LogP contribution in [0.5, 0.6) is 0 Å². The Kier molecular flexibility index (Phi) is 5.07. The van der Waals surface area contributed by atoms with E-state index >= 15 is 0 Å².